The summed E-state index contributed by atoms with van der Waals surface area (Å²) in [4.78, 5) is 11.6. The molecule has 0 aromatic carbocycles. The third-order valence-corrected chi connectivity index (χ3v) is 5.89. The van der Waals surface area contributed by atoms with Crippen LogP contribution in [0.4, 0.5) is 0 Å². The van der Waals surface area contributed by atoms with Crippen LogP contribution in [-0.4, -0.2) is 5.78 Å². The average molecular weight is 222 g/mol. The van der Waals surface area contributed by atoms with E-state index in [1.807, 2.05) is 6.92 Å². The summed E-state index contributed by atoms with van der Waals surface area (Å²) in [7, 11) is 0. The topological polar surface area (TPSA) is 17.1 Å². The third kappa shape index (κ3) is 1.21. The minimum atomic E-state index is 0.168. The Morgan fingerprint density at radius 1 is 1.06 bits per heavy atom. The highest BCUT2D eigenvalue weighted by Crippen LogP contribution is 2.88. The highest BCUT2D eigenvalue weighted by molar-refractivity contribution is 5.86. The van der Waals surface area contributed by atoms with E-state index in [1.54, 1.807) is 0 Å². The number of ketones is 1. The number of unbranched alkanes of at least 4 members (excludes halogenated alkanes) is 1. The fourth-order valence-electron chi connectivity index (χ4n) is 4.36. The molecule has 3 unspecified atom stereocenters. The van der Waals surface area contributed by atoms with Gasteiger partial charge < -0.3 is 0 Å². The molecule has 1 nitrogen and oxygen atoms in total. The second-order valence-corrected chi connectivity index (χ2v) is 6.46. The Labute approximate surface area is 100.0 Å². The van der Waals surface area contributed by atoms with Crippen molar-refractivity contribution in [2.45, 2.75) is 72.6 Å². The molecule has 3 aliphatic rings. The van der Waals surface area contributed by atoms with Gasteiger partial charge in [0.2, 0.25) is 0 Å². The Morgan fingerprint density at radius 2 is 1.62 bits per heavy atom. The van der Waals surface area contributed by atoms with E-state index in [2.05, 4.69) is 20.8 Å². The van der Waals surface area contributed by atoms with Crippen molar-refractivity contribution in [1.82, 2.24) is 0 Å². The first kappa shape index (κ1) is 12.1. The van der Waals surface area contributed by atoms with Crippen molar-refractivity contribution in [2.24, 2.45) is 16.2 Å². The summed E-state index contributed by atoms with van der Waals surface area (Å²) in [6.07, 6.45) is 9.02. The molecule has 92 valence electrons. The fraction of sp³-hybridized carbons (Fsp3) is 0.933. The van der Waals surface area contributed by atoms with Gasteiger partial charge in [-0.15, -0.1) is 0 Å². The van der Waals surface area contributed by atoms with Gasteiger partial charge in [0.05, 0.1) is 0 Å². The van der Waals surface area contributed by atoms with Gasteiger partial charge in [-0.1, -0.05) is 33.6 Å². The van der Waals surface area contributed by atoms with Crippen molar-refractivity contribution in [3.63, 3.8) is 0 Å². The second kappa shape index (κ2) is 3.58. The van der Waals surface area contributed by atoms with Gasteiger partial charge in [-0.05, 0) is 49.9 Å². The van der Waals surface area contributed by atoms with Crippen molar-refractivity contribution >= 4 is 5.78 Å². The maximum Gasteiger partial charge on any atom is 0.136 e. The molecule has 1 heteroatoms. The van der Waals surface area contributed by atoms with Gasteiger partial charge in [0.1, 0.15) is 5.78 Å². The summed E-state index contributed by atoms with van der Waals surface area (Å²) in [5.41, 5.74) is 1.25. The number of hydrogen-bond acceptors (Lipinski definition) is 1. The van der Waals surface area contributed by atoms with Crippen LogP contribution in [0.15, 0.2) is 0 Å². The third-order valence-electron chi connectivity index (χ3n) is 5.89. The maximum atomic E-state index is 11.6. The molecule has 0 aromatic heterocycles. The minimum absolute atomic E-state index is 0.168. The van der Waals surface area contributed by atoms with Crippen LogP contribution < -0.4 is 0 Å². The Balaban J connectivity index is 0.000000212. The molecular weight excluding hydrogens is 196 g/mol. The lowest BCUT2D eigenvalue weighted by molar-refractivity contribution is -0.138. The van der Waals surface area contributed by atoms with Gasteiger partial charge in [-0.25, -0.2) is 0 Å². The van der Waals surface area contributed by atoms with Crippen molar-refractivity contribution < 1.29 is 4.79 Å². The van der Waals surface area contributed by atoms with E-state index in [9.17, 15) is 4.79 Å². The van der Waals surface area contributed by atoms with E-state index >= 15 is 0 Å². The zero-order valence-corrected chi connectivity index (χ0v) is 11.4. The van der Waals surface area contributed by atoms with E-state index in [-0.39, 0.29) is 5.41 Å². The second-order valence-electron chi connectivity index (χ2n) is 6.46. The molecule has 3 saturated carbocycles. The van der Waals surface area contributed by atoms with Gasteiger partial charge >= 0.3 is 0 Å². The zero-order chi connectivity index (χ0) is 12.0. The lowest BCUT2D eigenvalue weighted by Crippen LogP contribution is -2.46. The number of hydrogen-bond donors (Lipinski definition) is 0. The normalized spacial score (nSPS) is 47.0. The van der Waals surface area contributed by atoms with Crippen LogP contribution >= 0.6 is 0 Å². The summed E-state index contributed by atoms with van der Waals surface area (Å²) in [5, 5.41) is 0. The number of Topliss-reactive ketones (excluding diaryl/α,β-unsaturated/α-hetero) is 1. The van der Waals surface area contributed by atoms with E-state index in [1.165, 1.54) is 44.9 Å². The fourth-order valence-corrected chi connectivity index (χ4v) is 4.36. The Morgan fingerprint density at radius 3 is 1.81 bits per heavy atom. The molecule has 0 radical (unpaired) electrons. The van der Waals surface area contributed by atoms with E-state index in [4.69, 9.17) is 0 Å². The monoisotopic (exact) mass is 222 g/mol. The molecular formula is C15H26O. The average Bonchev–Trinajstić information content (AvgIpc) is 2.82. The quantitative estimate of drug-likeness (QED) is 0.678. The number of carbonyl (C=O) groups excluding carboxylic acids is 1. The molecule has 0 aromatic rings. The van der Waals surface area contributed by atoms with Crippen molar-refractivity contribution in [3.05, 3.63) is 0 Å². The molecule has 1 spiro atoms. The van der Waals surface area contributed by atoms with Crippen molar-refractivity contribution in [1.29, 1.82) is 0 Å². The van der Waals surface area contributed by atoms with Crippen molar-refractivity contribution in [3.8, 4) is 0 Å². The van der Waals surface area contributed by atoms with Crippen LogP contribution in [0.5, 0.6) is 0 Å². The maximum absolute atomic E-state index is 11.6. The van der Waals surface area contributed by atoms with Crippen LogP contribution in [0.25, 0.3) is 0 Å². The van der Waals surface area contributed by atoms with Gasteiger partial charge in [0, 0.05) is 5.41 Å². The summed E-state index contributed by atoms with van der Waals surface area (Å²) < 4.78 is 0. The molecule has 0 aliphatic heterocycles. The lowest BCUT2D eigenvalue weighted by atomic mass is 9.55. The van der Waals surface area contributed by atoms with Crippen LogP contribution in [0.2, 0.25) is 0 Å². The molecule has 0 bridgehead atoms. The van der Waals surface area contributed by atoms with Crippen LogP contribution in [0.3, 0.4) is 0 Å². The summed E-state index contributed by atoms with van der Waals surface area (Å²) in [6, 6.07) is 0. The Hall–Kier alpha value is -0.330. The van der Waals surface area contributed by atoms with Crippen LogP contribution in [-0.2, 0) is 4.79 Å². The van der Waals surface area contributed by atoms with Gasteiger partial charge in [0.25, 0.3) is 0 Å². The molecule has 0 N–H and O–H groups in total. The molecule has 3 aliphatic carbocycles. The molecule has 3 rings (SSSR count). The highest BCUT2D eigenvalue weighted by Gasteiger charge is 2.82. The van der Waals surface area contributed by atoms with Gasteiger partial charge in [-0.2, -0.15) is 0 Å². The zero-order valence-electron chi connectivity index (χ0n) is 11.4. The van der Waals surface area contributed by atoms with Crippen LogP contribution in [0, 0.1) is 16.2 Å². The lowest BCUT2D eigenvalue weighted by Gasteiger charge is -2.47. The smallest absolute Gasteiger partial charge is 0.136 e. The predicted molar refractivity (Wildman–Crippen MR) is 67.3 cm³/mol. The SMILES string of the molecule is CC(=O)C12CCC3(C)CC31CC2.CCCC. The van der Waals surface area contributed by atoms with Gasteiger partial charge in [0.15, 0.2) is 0 Å². The van der Waals surface area contributed by atoms with Crippen molar-refractivity contribution in [2.75, 3.05) is 0 Å². The number of rotatable bonds is 2. The molecule has 0 amide bonds. The molecule has 3 fully saturated rings. The molecule has 3 atom stereocenters. The summed E-state index contributed by atoms with van der Waals surface area (Å²) in [6.45, 7) is 8.56. The minimum Gasteiger partial charge on any atom is -0.299 e. The Bertz CT molecular complexity index is 303. The highest BCUT2D eigenvalue weighted by atomic mass is 16.1. The first-order valence-corrected chi connectivity index (χ1v) is 6.99. The summed E-state index contributed by atoms with van der Waals surface area (Å²) in [5.74, 6) is 0.481. The predicted octanol–water partition coefficient (Wildman–Crippen LogP) is 4.35. The summed E-state index contributed by atoms with van der Waals surface area (Å²) >= 11 is 0. The van der Waals surface area contributed by atoms with Crippen LogP contribution in [0.1, 0.15) is 72.6 Å². The Kier molecular flexibility index (Phi) is 2.72. The van der Waals surface area contributed by atoms with E-state index in [0.29, 0.717) is 16.6 Å². The molecule has 16 heavy (non-hydrogen) atoms. The van der Waals surface area contributed by atoms with E-state index in [0.717, 1.165) is 0 Å². The largest absolute Gasteiger partial charge is 0.299 e. The number of carbonyl (C=O) groups is 1. The van der Waals surface area contributed by atoms with E-state index < -0.39 is 0 Å². The first-order valence-electron chi connectivity index (χ1n) is 6.99. The molecule has 0 heterocycles. The first-order chi connectivity index (χ1) is 7.48. The van der Waals surface area contributed by atoms with Gasteiger partial charge in [-0.3, -0.25) is 4.79 Å². The standard InChI is InChI=1S/C11H16O.C4H10/c1-8(12)10-4-3-9(2)7-11(9,10)6-5-10;1-3-4-2/h3-7H2,1-2H3;3-4H2,1-2H3. The molecule has 0 saturated heterocycles.